The summed E-state index contributed by atoms with van der Waals surface area (Å²) in [4.78, 5) is 17.4. The van der Waals surface area contributed by atoms with Gasteiger partial charge in [0.1, 0.15) is 30.9 Å². The van der Waals surface area contributed by atoms with Crippen molar-refractivity contribution in [2.24, 2.45) is 5.92 Å². The quantitative estimate of drug-likeness (QED) is 0.0290. The lowest BCUT2D eigenvalue weighted by Crippen LogP contribution is -2.43. The van der Waals surface area contributed by atoms with Crippen molar-refractivity contribution in [2.75, 3.05) is 38.8 Å². The van der Waals surface area contributed by atoms with Crippen molar-refractivity contribution in [2.45, 2.75) is 115 Å². The van der Waals surface area contributed by atoms with Gasteiger partial charge in [0.15, 0.2) is 0 Å². The number of hydrogen-bond acceptors (Lipinski definition) is 9. The maximum atomic E-state index is 13.4. The fraction of sp³-hybridized carbons (Fsp3) is 0.522. The van der Waals surface area contributed by atoms with Crippen LogP contribution in [0, 0.1) is 5.92 Å². The summed E-state index contributed by atoms with van der Waals surface area (Å²) < 4.78 is 38.3. The molecule has 10 nitrogen and oxygen atoms in total. The van der Waals surface area contributed by atoms with E-state index in [4.69, 9.17) is 24.3 Å². The maximum absolute atomic E-state index is 13.4. The number of benzene rings is 3. The average molecular weight is 803 g/mol. The first kappa shape index (κ1) is 45.9. The number of nitrogen functional groups attached to an aromatic ring is 1. The van der Waals surface area contributed by atoms with Crippen LogP contribution in [0.25, 0.3) is 0 Å². The molecule has 0 aliphatic rings. The van der Waals surface area contributed by atoms with Gasteiger partial charge in [-0.15, -0.1) is 9.05 Å². The van der Waals surface area contributed by atoms with E-state index in [1.807, 2.05) is 91.0 Å². The first-order valence-electron chi connectivity index (χ1n) is 21.1. The molecular weight excluding hydrogens is 737 g/mol. The number of ether oxygens (including phenoxy) is 2. The third-order valence-corrected chi connectivity index (χ3v) is 11.0. The number of aliphatic hydroxyl groups is 1. The number of nitrogens with two attached hydrogens (primary N) is 1. The number of aliphatic hydroxyl groups excluding tert-OH is 1. The highest BCUT2D eigenvalue weighted by Crippen LogP contribution is 2.44. The van der Waals surface area contributed by atoms with E-state index in [-0.39, 0.29) is 19.0 Å². The fourth-order valence-corrected chi connectivity index (χ4v) is 7.79. The molecule has 0 radical (unpaired) electrons. The summed E-state index contributed by atoms with van der Waals surface area (Å²) in [7, 11) is -2.53. The highest BCUT2D eigenvalue weighted by molar-refractivity contribution is 7.33. The molecule has 0 bridgehead atoms. The van der Waals surface area contributed by atoms with E-state index in [1.165, 1.54) is 100 Å². The number of aromatic nitrogens is 2. The molecule has 3 aromatic carbocycles. The summed E-state index contributed by atoms with van der Waals surface area (Å²) in [5, 5.41) is 10.8. The maximum Gasteiger partial charge on any atom is 0.697 e. The molecule has 57 heavy (non-hydrogen) atoms. The molecule has 0 aliphatic carbocycles. The summed E-state index contributed by atoms with van der Waals surface area (Å²) in [5.74, 6) is -0.827. The Morgan fingerprint density at radius 3 is 1.61 bits per heavy atom. The van der Waals surface area contributed by atoms with Crippen molar-refractivity contribution >= 4 is 14.1 Å². The van der Waals surface area contributed by atoms with Gasteiger partial charge in [-0.2, -0.15) is 4.98 Å². The third kappa shape index (κ3) is 15.5. The van der Waals surface area contributed by atoms with Gasteiger partial charge < -0.3 is 20.3 Å². The predicted molar refractivity (Wildman–Crippen MR) is 228 cm³/mol. The molecule has 0 saturated carbocycles. The van der Waals surface area contributed by atoms with Gasteiger partial charge >= 0.3 is 13.9 Å². The molecule has 3 atom stereocenters. The molecule has 0 spiro atoms. The number of anilines is 1. The summed E-state index contributed by atoms with van der Waals surface area (Å²) in [6.07, 6.45) is 19.4. The first-order chi connectivity index (χ1) is 28.0. The van der Waals surface area contributed by atoms with Gasteiger partial charge in [-0.3, -0.25) is 4.57 Å². The second-order valence-corrected chi connectivity index (χ2v) is 15.7. The molecule has 4 rings (SSSR count). The topological polar surface area (TPSA) is 135 Å². The van der Waals surface area contributed by atoms with Crippen LogP contribution in [-0.2, 0) is 28.7 Å². The fourth-order valence-electron chi connectivity index (χ4n) is 7.12. The molecule has 0 fully saturated rings. The largest absolute Gasteiger partial charge is 0.697 e. The minimum Gasteiger partial charge on any atom is -0.396 e. The van der Waals surface area contributed by atoms with Crippen molar-refractivity contribution in [3.8, 4) is 0 Å². The molecule has 4 aromatic rings. The Bertz CT molecular complexity index is 1610. The van der Waals surface area contributed by atoms with Gasteiger partial charge in [0, 0.05) is 24.0 Å². The Balaban J connectivity index is 1.28. The predicted octanol–water partition coefficient (Wildman–Crippen LogP) is 10.5. The van der Waals surface area contributed by atoms with E-state index in [2.05, 4.69) is 11.9 Å². The Morgan fingerprint density at radius 2 is 1.14 bits per heavy atom. The molecule has 0 aliphatic heterocycles. The lowest BCUT2D eigenvalue weighted by Gasteiger charge is -2.40. The molecule has 0 saturated heterocycles. The average Bonchev–Trinajstić information content (AvgIpc) is 3.24. The van der Waals surface area contributed by atoms with Crippen LogP contribution < -0.4 is 11.4 Å². The second kappa shape index (κ2) is 27.0. The van der Waals surface area contributed by atoms with Crippen LogP contribution in [0.3, 0.4) is 0 Å². The Hall–Kier alpha value is -3.76. The van der Waals surface area contributed by atoms with Crippen LogP contribution in [0.15, 0.2) is 108 Å². The number of unbranched alkanes of at least 4 members (excludes halogenated alkanes) is 13. The van der Waals surface area contributed by atoms with Crippen LogP contribution in [0.5, 0.6) is 0 Å². The minimum atomic E-state index is -2.53. The van der Waals surface area contributed by atoms with Gasteiger partial charge in [-0.25, -0.2) is 4.79 Å². The zero-order valence-electron chi connectivity index (χ0n) is 33.9. The second-order valence-electron chi connectivity index (χ2n) is 14.7. The normalized spacial score (nSPS) is 13.1. The molecule has 2 unspecified atom stereocenters. The smallest absolute Gasteiger partial charge is 0.396 e. The molecule has 1 heterocycles. The van der Waals surface area contributed by atoms with Gasteiger partial charge in [0.25, 0.3) is 0 Å². The highest BCUT2D eigenvalue weighted by Gasteiger charge is 2.43. The first-order valence-corrected chi connectivity index (χ1v) is 22.2. The minimum absolute atomic E-state index is 0.0484. The van der Waals surface area contributed by atoms with Crippen molar-refractivity contribution in [3.05, 3.63) is 130 Å². The van der Waals surface area contributed by atoms with Gasteiger partial charge in [0.05, 0.1) is 12.5 Å². The monoisotopic (exact) mass is 802 g/mol. The summed E-state index contributed by atoms with van der Waals surface area (Å²) in [5.41, 5.74) is 6.33. The third-order valence-electron chi connectivity index (χ3n) is 10.3. The summed E-state index contributed by atoms with van der Waals surface area (Å²) in [6, 6.07) is 30.5. The van der Waals surface area contributed by atoms with Crippen LogP contribution in [0.4, 0.5) is 5.82 Å². The standard InChI is InChI=1S/C46H64N3O7P/c1-2-3-4-5-6-7-8-9-10-11-12-13-14-24-34-53-35-25-36-54-57(52)55-38-39(37-50)44(49-33-32-43(47)48-45(49)51)56-46(40-26-18-15-19-27-40,41-28-20-16-21-29-41)42-30-22-17-23-31-42/h15-23,26-33,39,44,50H,2-14,24-25,34-38H2,1H3,(H-,47,48,51)/p+1/t39?,44-/m0/s1. The number of nitrogens with zero attached hydrogens (tertiary/aromatic N) is 2. The highest BCUT2D eigenvalue weighted by atomic mass is 31.1. The number of rotatable bonds is 31. The lowest BCUT2D eigenvalue weighted by atomic mass is 9.80. The summed E-state index contributed by atoms with van der Waals surface area (Å²) >= 11 is 0. The van der Waals surface area contributed by atoms with Crippen molar-refractivity contribution < 1.29 is 28.2 Å². The molecule has 310 valence electrons. The van der Waals surface area contributed by atoms with E-state index in [1.54, 1.807) is 0 Å². The van der Waals surface area contributed by atoms with Crippen LogP contribution in [0.1, 0.15) is 126 Å². The van der Waals surface area contributed by atoms with E-state index in [0.29, 0.717) is 19.6 Å². The SMILES string of the molecule is CCCCCCCCCCCCCCCCOCCCO[P+](=O)OCC(CO)[C@H](OC(c1ccccc1)(c1ccccc1)c1ccccc1)n1ccc(N)nc1=O. The van der Waals surface area contributed by atoms with Crippen molar-refractivity contribution in [1.82, 2.24) is 9.55 Å². The zero-order valence-corrected chi connectivity index (χ0v) is 34.8. The molecular formula is C46H65N3O7P+. The van der Waals surface area contributed by atoms with E-state index < -0.39 is 38.3 Å². The van der Waals surface area contributed by atoms with Crippen molar-refractivity contribution in [3.63, 3.8) is 0 Å². The van der Waals surface area contributed by atoms with Gasteiger partial charge in [0.2, 0.25) is 0 Å². The van der Waals surface area contributed by atoms with Gasteiger partial charge in [-0.1, -0.05) is 181 Å². The Labute approximate surface area is 341 Å². The van der Waals surface area contributed by atoms with Crippen LogP contribution in [-0.4, -0.2) is 47.7 Å². The molecule has 0 amide bonds. The van der Waals surface area contributed by atoms with Crippen LogP contribution in [0.2, 0.25) is 0 Å². The van der Waals surface area contributed by atoms with E-state index >= 15 is 0 Å². The Morgan fingerprint density at radius 1 is 0.667 bits per heavy atom. The van der Waals surface area contributed by atoms with Crippen molar-refractivity contribution in [1.29, 1.82) is 0 Å². The lowest BCUT2D eigenvalue weighted by molar-refractivity contribution is -0.132. The summed E-state index contributed by atoms with van der Waals surface area (Å²) in [6.45, 7) is 2.96. The zero-order chi connectivity index (χ0) is 40.4. The molecule has 3 N–H and O–H groups in total. The Kier molecular flexibility index (Phi) is 21.8. The number of hydrogen-bond donors (Lipinski definition) is 2. The molecule has 11 heteroatoms. The van der Waals surface area contributed by atoms with E-state index in [9.17, 15) is 14.5 Å². The van der Waals surface area contributed by atoms with Crippen LogP contribution >= 0.6 is 8.25 Å². The van der Waals surface area contributed by atoms with E-state index in [0.717, 1.165) is 23.1 Å². The van der Waals surface area contributed by atoms with Gasteiger partial charge in [-0.05, 0) is 35.6 Å². The molecule has 1 aromatic heterocycles.